The SMILES string of the molecule is CC1CNCCC12NC(C)(C)CS2. The minimum Gasteiger partial charge on any atom is -0.316 e. The Balaban J connectivity index is 2.12. The molecule has 1 spiro atoms. The minimum atomic E-state index is 0.330. The van der Waals surface area contributed by atoms with Gasteiger partial charge in [-0.1, -0.05) is 6.92 Å². The molecule has 0 aromatic rings. The molecule has 3 heteroatoms. The highest BCUT2D eigenvalue weighted by molar-refractivity contribution is 8.01. The molecule has 2 fully saturated rings. The summed E-state index contributed by atoms with van der Waals surface area (Å²) in [6, 6.07) is 0. The lowest BCUT2D eigenvalue weighted by Gasteiger charge is -2.41. The summed E-state index contributed by atoms with van der Waals surface area (Å²) in [5, 5.41) is 7.28. The van der Waals surface area contributed by atoms with Crippen LogP contribution >= 0.6 is 11.8 Å². The number of piperidine rings is 1. The molecule has 2 heterocycles. The molecule has 2 aliphatic heterocycles. The maximum absolute atomic E-state index is 3.82. The molecule has 0 radical (unpaired) electrons. The fourth-order valence-corrected chi connectivity index (χ4v) is 4.01. The second-order valence-electron chi connectivity index (χ2n) is 5.04. The van der Waals surface area contributed by atoms with E-state index in [1.165, 1.54) is 18.7 Å². The lowest BCUT2D eigenvalue weighted by atomic mass is 9.92. The van der Waals surface area contributed by atoms with Crippen LogP contribution in [0.15, 0.2) is 0 Å². The van der Waals surface area contributed by atoms with Gasteiger partial charge in [0.1, 0.15) is 0 Å². The van der Waals surface area contributed by atoms with E-state index in [1.807, 2.05) is 0 Å². The van der Waals surface area contributed by atoms with Gasteiger partial charge in [-0.2, -0.15) is 0 Å². The summed E-state index contributed by atoms with van der Waals surface area (Å²) in [7, 11) is 0. The number of hydrogen-bond acceptors (Lipinski definition) is 3. The predicted molar refractivity (Wildman–Crippen MR) is 59.1 cm³/mol. The molecule has 2 unspecified atom stereocenters. The van der Waals surface area contributed by atoms with Gasteiger partial charge >= 0.3 is 0 Å². The molecule has 76 valence electrons. The zero-order valence-electron chi connectivity index (χ0n) is 8.81. The minimum absolute atomic E-state index is 0.330. The Hall–Kier alpha value is 0.270. The zero-order chi connectivity index (χ0) is 9.53. The highest BCUT2D eigenvalue weighted by atomic mass is 32.2. The van der Waals surface area contributed by atoms with E-state index < -0.39 is 0 Å². The van der Waals surface area contributed by atoms with Gasteiger partial charge in [-0.3, -0.25) is 5.32 Å². The highest BCUT2D eigenvalue weighted by Gasteiger charge is 2.47. The van der Waals surface area contributed by atoms with E-state index >= 15 is 0 Å². The van der Waals surface area contributed by atoms with Crippen LogP contribution in [0.2, 0.25) is 0 Å². The Morgan fingerprint density at radius 2 is 2.15 bits per heavy atom. The highest BCUT2D eigenvalue weighted by Crippen LogP contribution is 2.43. The van der Waals surface area contributed by atoms with Gasteiger partial charge < -0.3 is 5.32 Å². The van der Waals surface area contributed by atoms with Crippen molar-refractivity contribution in [2.24, 2.45) is 5.92 Å². The molecule has 13 heavy (non-hydrogen) atoms. The van der Waals surface area contributed by atoms with Crippen molar-refractivity contribution in [2.75, 3.05) is 18.8 Å². The Morgan fingerprint density at radius 3 is 2.69 bits per heavy atom. The lowest BCUT2D eigenvalue weighted by molar-refractivity contribution is 0.233. The smallest absolute Gasteiger partial charge is 0.0700 e. The van der Waals surface area contributed by atoms with Crippen LogP contribution in [-0.4, -0.2) is 29.3 Å². The molecule has 0 aliphatic carbocycles. The van der Waals surface area contributed by atoms with Crippen molar-refractivity contribution >= 4 is 11.8 Å². The van der Waals surface area contributed by atoms with E-state index in [-0.39, 0.29) is 0 Å². The van der Waals surface area contributed by atoms with Crippen molar-refractivity contribution < 1.29 is 0 Å². The van der Waals surface area contributed by atoms with Gasteiger partial charge in [-0.05, 0) is 32.7 Å². The lowest BCUT2D eigenvalue weighted by Crippen LogP contribution is -2.57. The average Bonchev–Trinajstić information content (AvgIpc) is 2.35. The van der Waals surface area contributed by atoms with Crippen LogP contribution in [0.4, 0.5) is 0 Å². The van der Waals surface area contributed by atoms with Crippen molar-refractivity contribution in [1.29, 1.82) is 0 Å². The first-order valence-corrected chi connectivity index (χ1v) is 6.17. The third-order valence-corrected chi connectivity index (χ3v) is 5.25. The van der Waals surface area contributed by atoms with Crippen LogP contribution in [0.1, 0.15) is 27.2 Å². The van der Waals surface area contributed by atoms with Crippen LogP contribution in [0.3, 0.4) is 0 Å². The normalized spacial score (nSPS) is 44.1. The predicted octanol–water partition coefficient (Wildman–Crippen LogP) is 1.43. The van der Waals surface area contributed by atoms with E-state index in [9.17, 15) is 0 Å². The molecular weight excluding hydrogens is 180 g/mol. The maximum atomic E-state index is 3.82. The molecule has 2 saturated heterocycles. The van der Waals surface area contributed by atoms with E-state index in [0.29, 0.717) is 10.4 Å². The molecule has 0 aromatic heterocycles. The van der Waals surface area contributed by atoms with Crippen molar-refractivity contribution in [1.82, 2.24) is 10.6 Å². The Kier molecular flexibility index (Phi) is 2.37. The Labute approximate surface area is 85.2 Å². The topological polar surface area (TPSA) is 24.1 Å². The first-order chi connectivity index (χ1) is 6.04. The fourth-order valence-electron chi connectivity index (χ4n) is 2.36. The van der Waals surface area contributed by atoms with Crippen LogP contribution in [-0.2, 0) is 0 Å². The molecule has 2 aliphatic rings. The second kappa shape index (κ2) is 3.14. The summed E-state index contributed by atoms with van der Waals surface area (Å²) in [6.07, 6.45) is 1.27. The maximum Gasteiger partial charge on any atom is 0.0700 e. The van der Waals surface area contributed by atoms with Crippen LogP contribution in [0, 0.1) is 5.92 Å². The van der Waals surface area contributed by atoms with Gasteiger partial charge in [0.25, 0.3) is 0 Å². The van der Waals surface area contributed by atoms with E-state index in [0.717, 1.165) is 12.5 Å². The van der Waals surface area contributed by atoms with Crippen molar-refractivity contribution in [3.05, 3.63) is 0 Å². The van der Waals surface area contributed by atoms with Gasteiger partial charge in [0.2, 0.25) is 0 Å². The van der Waals surface area contributed by atoms with Crippen molar-refractivity contribution in [3.8, 4) is 0 Å². The molecule has 0 amide bonds. The summed E-state index contributed by atoms with van der Waals surface area (Å²) in [4.78, 5) is 0.370. The molecule has 0 saturated carbocycles. The summed E-state index contributed by atoms with van der Waals surface area (Å²) in [6.45, 7) is 9.30. The van der Waals surface area contributed by atoms with Crippen LogP contribution < -0.4 is 10.6 Å². The standard InChI is InChI=1S/C10H20N2S/c1-8-6-11-5-4-10(8)12-9(2,3)7-13-10/h8,11-12H,4-7H2,1-3H3. The monoisotopic (exact) mass is 200 g/mol. The molecule has 2 rings (SSSR count). The number of thioether (sulfide) groups is 1. The van der Waals surface area contributed by atoms with E-state index in [2.05, 4.69) is 43.2 Å². The van der Waals surface area contributed by atoms with Gasteiger partial charge in [-0.15, -0.1) is 11.8 Å². The fraction of sp³-hybridized carbons (Fsp3) is 1.00. The molecule has 2 N–H and O–H groups in total. The number of rotatable bonds is 0. The first kappa shape index (κ1) is 9.81. The van der Waals surface area contributed by atoms with Crippen molar-refractivity contribution in [2.45, 2.75) is 37.6 Å². The van der Waals surface area contributed by atoms with Crippen LogP contribution in [0.25, 0.3) is 0 Å². The number of hydrogen-bond donors (Lipinski definition) is 2. The molecule has 2 nitrogen and oxygen atoms in total. The third kappa shape index (κ3) is 1.74. The van der Waals surface area contributed by atoms with Gasteiger partial charge in [0, 0.05) is 17.8 Å². The number of nitrogens with one attached hydrogen (secondary N) is 2. The average molecular weight is 200 g/mol. The Morgan fingerprint density at radius 1 is 1.38 bits per heavy atom. The molecule has 0 aromatic carbocycles. The van der Waals surface area contributed by atoms with Gasteiger partial charge in [0.15, 0.2) is 0 Å². The quantitative estimate of drug-likeness (QED) is 0.618. The first-order valence-electron chi connectivity index (χ1n) is 5.18. The summed E-state index contributed by atoms with van der Waals surface area (Å²) < 4.78 is 0. The van der Waals surface area contributed by atoms with Crippen molar-refractivity contribution in [3.63, 3.8) is 0 Å². The zero-order valence-corrected chi connectivity index (χ0v) is 9.63. The van der Waals surface area contributed by atoms with Gasteiger partial charge in [-0.25, -0.2) is 0 Å². The summed E-state index contributed by atoms with van der Waals surface area (Å²) in [5.41, 5.74) is 0.330. The second-order valence-corrected chi connectivity index (χ2v) is 6.35. The largest absolute Gasteiger partial charge is 0.316 e. The molecular formula is C10H20N2S. The van der Waals surface area contributed by atoms with Crippen LogP contribution in [0.5, 0.6) is 0 Å². The summed E-state index contributed by atoms with van der Waals surface area (Å²) in [5.74, 6) is 1.99. The molecule has 0 bridgehead atoms. The Bertz CT molecular complexity index is 205. The van der Waals surface area contributed by atoms with E-state index in [4.69, 9.17) is 0 Å². The molecule has 2 atom stereocenters. The third-order valence-electron chi connectivity index (χ3n) is 3.16. The summed E-state index contributed by atoms with van der Waals surface area (Å²) >= 11 is 2.13. The van der Waals surface area contributed by atoms with Gasteiger partial charge in [0.05, 0.1) is 4.87 Å². The van der Waals surface area contributed by atoms with E-state index in [1.54, 1.807) is 0 Å².